The minimum absolute atomic E-state index is 0.167. The minimum atomic E-state index is -0.519. The van der Waals surface area contributed by atoms with Crippen LogP contribution >= 0.6 is 0 Å². The standard InChI is InChI=1S/C15H21N5O2/c1-10-5-3-6-12(9-10)22-11(2)13(21)17-14-18-15-16-7-4-8-20(15)19-14/h4,7-8,10-12H,3,5-6,9H2,1-2H3,(H,17,19,21)/t10-,11+,12+/m1/s1. The molecule has 2 heterocycles. The van der Waals surface area contributed by atoms with Crippen LogP contribution in [0.4, 0.5) is 5.95 Å². The first kappa shape index (κ1) is 14.9. The number of nitrogens with zero attached hydrogens (tertiary/aromatic N) is 4. The van der Waals surface area contributed by atoms with Gasteiger partial charge in [-0.2, -0.15) is 4.98 Å². The Labute approximate surface area is 129 Å². The Morgan fingerprint density at radius 2 is 2.36 bits per heavy atom. The number of carbonyl (C=O) groups excluding carboxylic acids is 1. The predicted octanol–water partition coefficient (Wildman–Crippen LogP) is 2.05. The molecule has 0 aliphatic heterocycles. The molecular formula is C15H21N5O2. The van der Waals surface area contributed by atoms with Crippen molar-refractivity contribution in [2.75, 3.05) is 5.32 Å². The summed E-state index contributed by atoms with van der Waals surface area (Å²) in [6.45, 7) is 4.00. The number of fused-ring (bicyclic) bond motifs is 1. The van der Waals surface area contributed by atoms with Crippen LogP contribution in [0, 0.1) is 5.92 Å². The molecule has 3 rings (SSSR count). The first-order valence-corrected chi connectivity index (χ1v) is 7.75. The summed E-state index contributed by atoms with van der Waals surface area (Å²) in [5, 5.41) is 6.83. The van der Waals surface area contributed by atoms with Crippen LogP contribution in [0.1, 0.15) is 39.5 Å². The van der Waals surface area contributed by atoms with Crippen molar-refractivity contribution in [3.63, 3.8) is 0 Å². The summed E-state index contributed by atoms with van der Waals surface area (Å²) in [6.07, 6.45) is 7.47. The van der Waals surface area contributed by atoms with Gasteiger partial charge in [0.15, 0.2) is 0 Å². The van der Waals surface area contributed by atoms with E-state index in [9.17, 15) is 4.79 Å². The van der Waals surface area contributed by atoms with E-state index in [0.717, 1.165) is 12.8 Å². The second-order valence-corrected chi connectivity index (χ2v) is 5.96. The second-order valence-electron chi connectivity index (χ2n) is 5.96. The number of carbonyl (C=O) groups is 1. The lowest BCUT2D eigenvalue weighted by molar-refractivity contribution is -0.131. The molecular weight excluding hydrogens is 282 g/mol. The van der Waals surface area contributed by atoms with Gasteiger partial charge in [0.2, 0.25) is 0 Å². The predicted molar refractivity (Wildman–Crippen MR) is 81.4 cm³/mol. The summed E-state index contributed by atoms with van der Waals surface area (Å²) in [4.78, 5) is 20.4. The molecule has 1 aliphatic rings. The molecule has 0 radical (unpaired) electrons. The van der Waals surface area contributed by atoms with Crippen LogP contribution in [-0.4, -0.2) is 37.7 Å². The van der Waals surface area contributed by atoms with E-state index in [0.29, 0.717) is 11.7 Å². The van der Waals surface area contributed by atoms with Gasteiger partial charge in [-0.05, 0) is 31.7 Å². The van der Waals surface area contributed by atoms with E-state index in [-0.39, 0.29) is 18.0 Å². The molecule has 0 spiro atoms. The molecule has 0 bridgehead atoms. The first-order valence-electron chi connectivity index (χ1n) is 7.75. The zero-order valence-corrected chi connectivity index (χ0v) is 12.9. The normalized spacial score (nSPS) is 23.4. The van der Waals surface area contributed by atoms with Crippen LogP contribution in [0.3, 0.4) is 0 Å². The molecule has 1 fully saturated rings. The summed E-state index contributed by atoms with van der Waals surface area (Å²) in [7, 11) is 0. The van der Waals surface area contributed by atoms with Gasteiger partial charge in [0, 0.05) is 12.4 Å². The number of hydrogen-bond donors (Lipinski definition) is 1. The molecule has 7 heteroatoms. The zero-order chi connectivity index (χ0) is 15.5. The summed E-state index contributed by atoms with van der Waals surface area (Å²) in [5.41, 5.74) is 0. The van der Waals surface area contributed by atoms with Crippen molar-refractivity contribution in [3.05, 3.63) is 18.5 Å². The Kier molecular flexibility index (Phi) is 4.33. The highest BCUT2D eigenvalue weighted by Gasteiger charge is 2.24. The molecule has 3 atom stereocenters. The van der Waals surface area contributed by atoms with Gasteiger partial charge in [-0.1, -0.05) is 19.8 Å². The lowest BCUT2D eigenvalue weighted by Gasteiger charge is -2.28. The van der Waals surface area contributed by atoms with Crippen LogP contribution in [0.5, 0.6) is 0 Å². The summed E-state index contributed by atoms with van der Waals surface area (Å²) in [6, 6.07) is 1.75. The van der Waals surface area contributed by atoms with Gasteiger partial charge in [0.1, 0.15) is 6.10 Å². The summed E-state index contributed by atoms with van der Waals surface area (Å²) >= 11 is 0. The number of rotatable bonds is 4. The van der Waals surface area contributed by atoms with Crippen molar-refractivity contribution in [1.82, 2.24) is 19.6 Å². The van der Waals surface area contributed by atoms with Crippen LogP contribution in [-0.2, 0) is 9.53 Å². The number of aromatic nitrogens is 4. The molecule has 22 heavy (non-hydrogen) atoms. The average Bonchev–Trinajstić information content (AvgIpc) is 2.89. The van der Waals surface area contributed by atoms with E-state index in [2.05, 4.69) is 27.3 Å². The fourth-order valence-corrected chi connectivity index (χ4v) is 2.85. The molecule has 118 valence electrons. The van der Waals surface area contributed by atoms with Crippen LogP contribution in [0.2, 0.25) is 0 Å². The fourth-order valence-electron chi connectivity index (χ4n) is 2.85. The molecule has 0 saturated heterocycles. The maximum Gasteiger partial charge on any atom is 0.255 e. The van der Waals surface area contributed by atoms with Crippen molar-refractivity contribution in [3.8, 4) is 0 Å². The molecule has 0 unspecified atom stereocenters. The third-order valence-corrected chi connectivity index (χ3v) is 4.01. The largest absolute Gasteiger partial charge is 0.365 e. The van der Waals surface area contributed by atoms with E-state index in [1.54, 1.807) is 25.4 Å². The zero-order valence-electron chi connectivity index (χ0n) is 12.9. The number of ether oxygens (including phenoxy) is 1. The molecule has 2 aromatic heterocycles. The highest BCUT2D eigenvalue weighted by Crippen LogP contribution is 2.26. The van der Waals surface area contributed by atoms with E-state index < -0.39 is 6.10 Å². The molecule has 7 nitrogen and oxygen atoms in total. The highest BCUT2D eigenvalue weighted by atomic mass is 16.5. The van der Waals surface area contributed by atoms with Crippen molar-refractivity contribution in [2.24, 2.45) is 5.92 Å². The Hall–Kier alpha value is -2.02. The number of anilines is 1. The van der Waals surface area contributed by atoms with Crippen molar-refractivity contribution in [1.29, 1.82) is 0 Å². The third kappa shape index (κ3) is 3.41. The van der Waals surface area contributed by atoms with E-state index in [1.165, 1.54) is 17.4 Å². The van der Waals surface area contributed by atoms with Crippen LogP contribution in [0.25, 0.3) is 5.78 Å². The molecule has 1 saturated carbocycles. The molecule has 1 N–H and O–H groups in total. The minimum Gasteiger partial charge on any atom is -0.365 e. The van der Waals surface area contributed by atoms with Gasteiger partial charge in [-0.15, -0.1) is 5.10 Å². The Bertz CT molecular complexity index is 623. The van der Waals surface area contributed by atoms with Gasteiger partial charge in [-0.3, -0.25) is 10.1 Å². The lowest BCUT2D eigenvalue weighted by Crippen LogP contribution is -2.34. The maximum atomic E-state index is 12.2. The molecule has 1 amide bonds. The molecule has 1 aliphatic carbocycles. The summed E-state index contributed by atoms with van der Waals surface area (Å²) in [5.74, 6) is 1.14. The number of amides is 1. The van der Waals surface area contributed by atoms with E-state index in [4.69, 9.17) is 4.74 Å². The SMILES string of the molecule is C[C@@H]1CCC[C@H](O[C@@H](C)C(=O)Nc2nc3ncccn3n2)C1. The van der Waals surface area contributed by atoms with Crippen molar-refractivity contribution in [2.45, 2.75) is 51.7 Å². The first-order chi connectivity index (χ1) is 10.6. The van der Waals surface area contributed by atoms with Gasteiger partial charge >= 0.3 is 0 Å². The number of hydrogen-bond acceptors (Lipinski definition) is 5. The third-order valence-electron chi connectivity index (χ3n) is 4.01. The highest BCUT2D eigenvalue weighted by molar-refractivity contribution is 5.92. The average molecular weight is 303 g/mol. The fraction of sp³-hybridized carbons (Fsp3) is 0.600. The monoisotopic (exact) mass is 303 g/mol. The van der Waals surface area contributed by atoms with E-state index >= 15 is 0 Å². The topological polar surface area (TPSA) is 81.4 Å². The van der Waals surface area contributed by atoms with Gasteiger partial charge < -0.3 is 4.74 Å². The van der Waals surface area contributed by atoms with E-state index in [1.807, 2.05) is 0 Å². The smallest absolute Gasteiger partial charge is 0.255 e. The lowest BCUT2D eigenvalue weighted by atomic mass is 9.88. The Balaban J connectivity index is 1.58. The van der Waals surface area contributed by atoms with Gasteiger partial charge in [0.25, 0.3) is 17.6 Å². The maximum absolute atomic E-state index is 12.2. The van der Waals surface area contributed by atoms with Crippen molar-refractivity contribution < 1.29 is 9.53 Å². The summed E-state index contributed by atoms with van der Waals surface area (Å²) < 4.78 is 7.40. The Morgan fingerprint density at radius 3 is 3.14 bits per heavy atom. The van der Waals surface area contributed by atoms with Crippen molar-refractivity contribution >= 4 is 17.6 Å². The van der Waals surface area contributed by atoms with Crippen LogP contribution in [0.15, 0.2) is 18.5 Å². The molecule has 0 aromatic carbocycles. The van der Waals surface area contributed by atoms with Crippen LogP contribution < -0.4 is 5.32 Å². The second kappa shape index (κ2) is 6.39. The van der Waals surface area contributed by atoms with Gasteiger partial charge in [-0.25, -0.2) is 9.50 Å². The molecule has 2 aromatic rings. The Morgan fingerprint density at radius 1 is 1.50 bits per heavy atom. The van der Waals surface area contributed by atoms with Gasteiger partial charge in [0.05, 0.1) is 6.10 Å². The quantitative estimate of drug-likeness (QED) is 0.935. The number of nitrogens with one attached hydrogen (secondary N) is 1.